The Bertz CT molecular complexity index is 476. The van der Waals surface area contributed by atoms with E-state index in [4.69, 9.17) is 9.47 Å². The van der Waals surface area contributed by atoms with E-state index in [1.54, 1.807) is 7.11 Å². The lowest BCUT2D eigenvalue weighted by atomic mass is 9.82. The third kappa shape index (κ3) is 5.78. The zero-order valence-corrected chi connectivity index (χ0v) is 14.3. The third-order valence-corrected chi connectivity index (χ3v) is 4.75. The summed E-state index contributed by atoms with van der Waals surface area (Å²) in [5.41, 5.74) is 0.558. The van der Waals surface area contributed by atoms with Gasteiger partial charge in [-0.15, -0.1) is 0 Å². The van der Waals surface area contributed by atoms with Crippen LogP contribution in [0, 0.1) is 17.5 Å². The maximum Gasteiger partial charge on any atom is 0.194 e. The first-order chi connectivity index (χ1) is 11.6. The Morgan fingerprint density at radius 3 is 2.04 bits per heavy atom. The van der Waals surface area contributed by atoms with Gasteiger partial charge in [0.15, 0.2) is 17.5 Å². The number of ether oxygens (including phenoxy) is 2. The molecule has 0 radical (unpaired) electrons. The Morgan fingerprint density at radius 2 is 1.46 bits per heavy atom. The summed E-state index contributed by atoms with van der Waals surface area (Å²) in [4.78, 5) is 0. The van der Waals surface area contributed by atoms with Crippen LogP contribution in [0.2, 0.25) is 0 Å². The number of unbranched alkanes of at least 4 members (excludes halogenated alkanes) is 3. The maximum absolute atomic E-state index is 13.3. The Hall–Kier alpha value is -1.07. The van der Waals surface area contributed by atoms with Crippen LogP contribution in [0.5, 0.6) is 0 Å². The average molecular weight is 344 g/mol. The molecule has 5 heteroatoms. The van der Waals surface area contributed by atoms with Crippen LogP contribution in [0.4, 0.5) is 13.2 Å². The monoisotopic (exact) mass is 344 g/mol. The Kier molecular flexibility index (Phi) is 8.06. The second kappa shape index (κ2) is 10.0. The van der Waals surface area contributed by atoms with E-state index in [9.17, 15) is 13.2 Å². The van der Waals surface area contributed by atoms with E-state index in [-0.39, 0.29) is 12.0 Å². The van der Waals surface area contributed by atoms with Crippen LogP contribution in [-0.2, 0) is 9.47 Å². The van der Waals surface area contributed by atoms with E-state index in [1.165, 1.54) is 0 Å². The molecule has 0 aromatic heterocycles. The molecular weight excluding hydrogens is 317 g/mol. The van der Waals surface area contributed by atoms with Crippen molar-refractivity contribution in [2.75, 3.05) is 20.3 Å². The average Bonchev–Trinajstić information content (AvgIpc) is 2.59. The summed E-state index contributed by atoms with van der Waals surface area (Å²) >= 11 is 0. The second-order valence-electron chi connectivity index (χ2n) is 6.55. The van der Waals surface area contributed by atoms with Gasteiger partial charge in [0.1, 0.15) is 0 Å². The second-order valence-corrected chi connectivity index (χ2v) is 6.55. The predicted molar refractivity (Wildman–Crippen MR) is 87.6 cm³/mol. The van der Waals surface area contributed by atoms with Crippen molar-refractivity contribution in [3.05, 3.63) is 35.1 Å². The molecule has 0 unspecified atom stereocenters. The van der Waals surface area contributed by atoms with Gasteiger partial charge >= 0.3 is 0 Å². The standard InChI is InChI=1S/C19H27F3O2/c1-23-10-4-2-3-5-11-24-16-8-6-14(7-9-16)15-12-17(20)19(22)18(21)13-15/h12-14,16H,2-11H2,1H3. The number of rotatable bonds is 9. The van der Waals surface area contributed by atoms with Gasteiger partial charge in [-0.1, -0.05) is 12.8 Å². The van der Waals surface area contributed by atoms with Gasteiger partial charge in [-0.25, -0.2) is 13.2 Å². The first-order valence-corrected chi connectivity index (χ1v) is 8.86. The van der Waals surface area contributed by atoms with Crippen molar-refractivity contribution in [3.63, 3.8) is 0 Å². The van der Waals surface area contributed by atoms with Gasteiger partial charge in [-0.05, 0) is 62.1 Å². The molecular formula is C19H27F3O2. The molecule has 0 spiro atoms. The van der Waals surface area contributed by atoms with Crippen molar-refractivity contribution in [2.24, 2.45) is 0 Å². The van der Waals surface area contributed by atoms with Crippen molar-refractivity contribution in [3.8, 4) is 0 Å². The van der Waals surface area contributed by atoms with E-state index in [0.29, 0.717) is 5.56 Å². The van der Waals surface area contributed by atoms with Crippen molar-refractivity contribution in [1.29, 1.82) is 0 Å². The largest absolute Gasteiger partial charge is 0.385 e. The first-order valence-electron chi connectivity index (χ1n) is 8.86. The minimum atomic E-state index is -1.39. The van der Waals surface area contributed by atoms with Crippen molar-refractivity contribution in [2.45, 2.75) is 63.4 Å². The van der Waals surface area contributed by atoms with Crippen LogP contribution in [0.3, 0.4) is 0 Å². The molecule has 1 aliphatic rings. The molecule has 0 aliphatic heterocycles. The molecule has 1 aromatic rings. The lowest BCUT2D eigenvalue weighted by molar-refractivity contribution is 0.0224. The fourth-order valence-electron chi connectivity index (χ4n) is 3.33. The molecule has 1 aromatic carbocycles. The molecule has 0 N–H and O–H groups in total. The summed E-state index contributed by atoms with van der Waals surface area (Å²) in [5, 5.41) is 0. The van der Waals surface area contributed by atoms with E-state index < -0.39 is 17.5 Å². The highest BCUT2D eigenvalue weighted by Crippen LogP contribution is 2.35. The molecule has 0 bridgehead atoms. The number of methoxy groups -OCH3 is 1. The highest BCUT2D eigenvalue weighted by molar-refractivity contribution is 5.23. The Labute approximate surface area is 142 Å². The fraction of sp³-hybridized carbons (Fsp3) is 0.684. The van der Waals surface area contributed by atoms with E-state index in [0.717, 1.165) is 76.7 Å². The Morgan fingerprint density at radius 1 is 0.875 bits per heavy atom. The van der Waals surface area contributed by atoms with E-state index in [2.05, 4.69) is 0 Å². The molecule has 24 heavy (non-hydrogen) atoms. The maximum atomic E-state index is 13.3. The van der Waals surface area contributed by atoms with Gasteiger partial charge in [0, 0.05) is 20.3 Å². The van der Waals surface area contributed by atoms with Crippen LogP contribution in [0.1, 0.15) is 62.8 Å². The van der Waals surface area contributed by atoms with Crippen LogP contribution in [0.25, 0.3) is 0 Å². The van der Waals surface area contributed by atoms with Crippen LogP contribution in [-0.4, -0.2) is 26.4 Å². The van der Waals surface area contributed by atoms with Crippen LogP contribution < -0.4 is 0 Å². The van der Waals surface area contributed by atoms with Gasteiger partial charge in [-0.3, -0.25) is 0 Å². The number of hydrogen-bond donors (Lipinski definition) is 0. The molecule has 1 saturated carbocycles. The van der Waals surface area contributed by atoms with E-state index >= 15 is 0 Å². The summed E-state index contributed by atoms with van der Waals surface area (Å²) < 4.78 is 50.6. The van der Waals surface area contributed by atoms with E-state index in [1.807, 2.05) is 0 Å². The Balaban J connectivity index is 1.66. The summed E-state index contributed by atoms with van der Waals surface area (Å²) in [6, 6.07) is 2.26. The minimum absolute atomic E-state index is 0.0866. The summed E-state index contributed by atoms with van der Waals surface area (Å²) in [7, 11) is 1.72. The van der Waals surface area contributed by atoms with Crippen LogP contribution in [0.15, 0.2) is 12.1 Å². The lowest BCUT2D eigenvalue weighted by Gasteiger charge is -2.29. The molecule has 2 nitrogen and oxygen atoms in total. The first kappa shape index (κ1) is 19.3. The topological polar surface area (TPSA) is 18.5 Å². The van der Waals surface area contributed by atoms with Crippen molar-refractivity contribution in [1.82, 2.24) is 0 Å². The third-order valence-electron chi connectivity index (χ3n) is 4.75. The number of hydrogen-bond acceptors (Lipinski definition) is 2. The zero-order valence-electron chi connectivity index (χ0n) is 14.3. The molecule has 136 valence electrons. The van der Waals surface area contributed by atoms with Crippen LogP contribution >= 0.6 is 0 Å². The zero-order chi connectivity index (χ0) is 17.4. The smallest absolute Gasteiger partial charge is 0.194 e. The molecule has 0 saturated heterocycles. The van der Waals surface area contributed by atoms with Crippen molar-refractivity contribution < 1.29 is 22.6 Å². The quantitative estimate of drug-likeness (QED) is 0.444. The fourth-order valence-corrected chi connectivity index (χ4v) is 3.33. The molecule has 0 heterocycles. The highest BCUT2D eigenvalue weighted by atomic mass is 19.2. The molecule has 0 atom stereocenters. The van der Waals surface area contributed by atoms with Gasteiger partial charge in [-0.2, -0.15) is 0 Å². The molecule has 1 aliphatic carbocycles. The highest BCUT2D eigenvalue weighted by Gasteiger charge is 2.24. The van der Waals surface area contributed by atoms with Gasteiger partial charge < -0.3 is 9.47 Å². The number of benzene rings is 1. The van der Waals surface area contributed by atoms with Gasteiger partial charge in [0.2, 0.25) is 0 Å². The molecule has 1 fully saturated rings. The SMILES string of the molecule is COCCCCCCOC1CCC(c2cc(F)c(F)c(F)c2)CC1. The molecule has 2 rings (SSSR count). The summed E-state index contributed by atoms with van der Waals surface area (Å²) in [5.74, 6) is -3.50. The summed E-state index contributed by atoms with van der Waals surface area (Å²) in [6.45, 7) is 1.58. The predicted octanol–water partition coefficient (Wildman–Crippen LogP) is 5.35. The summed E-state index contributed by atoms with van der Waals surface area (Å²) in [6.07, 6.45) is 8.09. The normalized spacial score (nSPS) is 21.2. The van der Waals surface area contributed by atoms with Gasteiger partial charge in [0.05, 0.1) is 6.10 Å². The number of halogens is 3. The minimum Gasteiger partial charge on any atom is -0.385 e. The van der Waals surface area contributed by atoms with Gasteiger partial charge in [0.25, 0.3) is 0 Å². The molecule has 0 amide bonds. The lowest BCUT2D eigenvalue weighted by Crippen LogP contribution is -2.21. The van der Waals surface area contributed by atoms with Crippen molar-refractivity contribution >= 4 is 0 Å².